The highest BCUT2D eigenvalue weighted by atomic mass is 33.1. The second-order valence-electron chi connectivity index (χ2n) is 4.27. The number of carbonyl (C=O) groups is 2. The molecule has 0 saturated carbocycles. The van der Waals surface area contributed by atoms with Gasteiger partial charge < -0.3 is 18.9 Å². The third-order valence-corrected chi connectivity index (χ3v) is 5.72. The molecule has 0 N–H and O–H groups in total. The largest absolute Gasteiger partial charge is 0.457 e. The first-order chi connectivity index (χ1) is 9.02. The molecule has 5 atom stereocenters. The molecule has 8 heteroatoms. The smallest absolute Gasteiger partial charge is 0.303 e. The minimum absolute atomic E-state index is 0.0513. The SMILES string of the molecule is CO[C@H]1O[C@@H]2CSS[C@@H]2[C@H](OC(C)=O)[C@H]1OC(C)=O. The van der Waals surface area contributed by atoms with Gasteiger partial charge in [0.05, 0.1) is 11.4 Å². The van der Waals surface area contributed by atoms with Gasteiger partial charge in [0.2, 0.25) is 0 Å². The maximum Gasteiger partial charge on any atom is 0.303 e. The van der Waals surface area contributed by atoms with Crippen LogP contribution >= 0.6 is 21.6 Å². The molecule has 6 nitrogen and oxygen atoms in total. The van der Waals surface area contributed by atoms with Crippen LogP contribution in [-0.4, -0.2) is 54.7 Å². The summed E-state index contributed by atoms with van der Waals surface area (Å²) in [4.78, 5) is 22.5. The van der Waals surface area contributed by atoms with Gasteiger partial charge >= 0.3 is 11.9 Å². The van der Waals surface area contributed by atoms with E-state index in [1.54, 1.807) is 21.6 Å². The van der Waals surface area contributed by atoms with Crippen LogP contribution in [0.15, 0.2) is 0 Å². The predicted octanol–water partition coefficient (Wildman–Crippen LogP) is 0.985. The molecule has 2 heterocycles. The molecule has 2 saturated heterocycles. The van der Waals surface area contributed by atoms with E-state index in [0.717, 1.165) is 5.75 Å². The summed E-state index contributed by atoms with van der Waals surface area (Å²) >= 11 is 0. The van der Waals surface area contributed by atoms with Gasteiger partial charge in [-0.25, -0.2) is 0 Å². The molecule has 2 aliphatic rings. The minimum Gasteiger partial charge on any atom is -0.457 e. The Morgan fingerprint density at radius 3 is 2.37 bits per heavy atom. The van der Waals surface area contributed by atoms with E-state index in [0.29, 0.717) is 0 Å². The molecular formula is C11H16O6S2. The van der Waals surface area contributed by atoms with Crippen molar-refractivity contribution < 1.29 is 28.5 Å². The summed E-state index contributed by atoms with van der Waals surface area (Å²) in [5.41, 5.74) is 0. The van der Waals surface area contributed by atoms with E-state index in [2.05, 4.69) is 0 Å². The quantitative estimate of drug-likeness (QED) is 0.564. The fraction of sp³-hybridized carbons (Fsp3) is 0.818. The van der Waals surface area contributed by atoms with Gasteiger partial charge in [0.25, 0.3) is 0 Å². The topological polar surface area (TPSA) is 71.1 Å². The highest BCUT2D eigenvalue weighted by Gasteiger charge is 2.52. The molecule has 2 fully saturated rings. The van der Waals surface area contributed by atoms with Crippen LogP contribution in [0.2, 0.25) is 0 Å². The molecule has 2 rings (SSSR count). The lowest BCUT2D eigenvalue weighted by atomic mass is 10.0. The average molecular weight is 308 g/mol. The van der Waals surface area contributed by atoms with E-state index < -0.39 is 30.4 Å². The van der Waals surface area contributed by atoms with Crippen molar-refractivity contribution in [2.45, 2.75) is 43.7 Å². The van der Waals surface area contributed by atoms with Crippen molar-refractivity contribution in [1.82, 2.24) is 0 Å². The van der Waals surface area contributed by atoms with Crippen LogP contribution in [0.3, 0.4) is 0 Å². The highest BCUT2D eigenvalue weighted by Crippen LogP contribution is 2.46. The van der Waals surface area contributed by atoms with Crippen molar-refractivity contribution in [3.05, 3.63) is 0 Å². The molecule has 0 aliphatic carbocycles. The summed E-state index contributed by atoms with van der Waals surface area (Å²) in [6, 6.07) is 0. The van der Waals surface area contributed by atoms with Gasteiger partial charge in [0, 0.05) is 26.7 Å². The van der Waals surface area contributed by atoms with E-state index >= 15 is 0 Å². The Kier molecular flexibility index (Phi) is 4.99. The molecule has 19 heavy (non-hydrogen) atoms. The number of ether oxygens (including phenoxy) is 4. The maximum atomic E-state index is 11.3. The van der Waals surface area contributed by atoms with Gasteiger partial charge in [-0.2, -0.15) is 0 Å². The lowest BCUT2D eigenvalue weighted by Crippen LogP contribution is -2.58. The van der Waals surface area contributed by atoms with Gasteiger partial charge in [-0.1, -0.05) is 21.6 Å². The zero-order valence-corrected chi connectivity index (χ0v) is 12.5. The van der Waals surface area contributed by atoms with E-state index in [-0.39, 0.29) is 11.4 Å². The second kappa shape index (κ2) is 6.34. The molecule has 0 unspecified atom stereocenters. The van der Waals surface area contributed by atoms with Crippen LogP contribution in [0.5, 0.6) is 0 Å². The molecule has 0 spiro atoms. The van der Waals surface area contributed by atoms with Crippen LogP contribution in [-0.2, 0) is 28.5 Å². The Bertz CT molecular complexity index is 363. The number of hydrogen-bond acceptors (Lipinski definition) is 8. The van der Waals surface area contributed by atoms with E-state index in [9.17, 15) is 9.59 Å². The molecule has 0 bridgehead atoms. The molecule has 2 aliphatic heterocycles. The number of rotatable bonds is 3. The van der Waals surface area contributed by atoms with Gasteiger partial charge in [-0.15, -0.1) is 0 Å². The van der Waals surface area contributed by atoms with Gasteiger partial charge in [-0.05, 0) is 0 Å². The van der Waals surface area contributed by atoms with Crippen molar-refractivity contribution in [1.29, 1.82) is 0 Å². The molecule has 0 aromatic heterocycles. The average Bonchev–Trinajstić information content (AvgIpc) is 2.78. The minimum atomic E-state index is -0.737. The van der Waals surface area contributed by atoms with E-state index in [1.165, 1.54) is 21.0 Å². The Morgan fingerprint density at radius 1 is 1.16 bits per heavy atom. The lowest BCUT2D eigenvalue weighted by Gasteiger charge is -2.41. The number of hydrogen-bond donors (Lipinski definition) is 0. The Labute approximate surface area is 119 Å². The molecule has 0 amide bonds. The van der Waals surface area contributed by atoms with Crippen LogP contribution < -0.4 is 0 Å². The first-order valence-electron chi connectivity index (χ1n) is 5.84. The molecule has 0 radical (unpaired) electrons. The lowest BCUT2D eigenvalue weighted by molar-refractivity contribution is -0.260. The highest BCUT2D eigenvalue weighted by molar-refractivity contribution is 8.77. The predicted molar refractivity (Wildman–Crippen MR) is 70.6 cm³/mol. The third kappa shape index (κ3) is 3.36. The van der Waals surface area contributed by atoms with Crippen LogP contribution in [0, 0.1) is 0 Å². The van der Waals surface area contributed by atoms with Crippen molar-refractivity contribution in [3.8, 4) is 0 Å². The zero-order chi connectivity index (χ0) is 14.0. The number of carbonyl (C=O) groups excluding carboxylic acids is 2. The normalized spacial score (nSPS) is 37.5. The number of esters is 2. The van der Waals surface area contributed by atoms with Gasteiger partial charge in [-0.3, -0.25) is 9.59 Å². The van der Waals surface area contributed by atoms with Crippen LogP contribution in [0.4, 0.5) is 0 Å². The van der Waals surface area contributed by atoms with E-state index in [4.69, 9.17) is 18.9 Å². The van der Waals surface area contributed by atoms with Gasteiger partial charge in [0.15, 0.2) is 18.5 Å². The molecule has 0 aromatic carbocycles. The van der Waals surface area contributed by atoms with Crippen molar-refractivity contribution in [3.63, 3.8) is 0 Å². The van der Waals surface area contributed by atoms with E-state index in [1.807, 2.05) is 0 Å². The van der Waals surface area contributed by atoms with Crippen molar-refractivity contribution in [2.24, 2.45) is 0 Å². The third-order valence-electron chi connectivity index (χ3n) is 2.84. The summed E-state index contributed by atoms with van der Waals surface area (Å²) in [6.45, 7) is 2.64. The van der Waals surface area contributed by atoms with Gasteiger partial charge in [0.1, 0.15) is 0 Å². The number of methoxy groups -OCH3 is 1. The first kappa shape index (κ1) is 15.0. The summed E-state index contributed by atoms with van der Waals surface area (Å²) in [5.74, 6) is -0.0724. The summed E-state index contributed by atoms with van der Waals surface area (Å²) < 4.78 is 21.5. The number of fused-ring (bicyclic) bond motifs is 1. The van der Waals surface area contributed by atoms with Crippen LogP contribution in [0.1, 0.15) is 13.8 Å². The molecule has 108 valence electrons. The zero-order valence-electron chi connectivity index (χ0n) is 10.9. The van der Waals surface area contributed by atoms with Crippen molar-refractivity contribution in [2.75, 3.05) is 12.9 Å². The summed E-state index contributed by atoms with van der Waals surface area (Å²) in [7, 11) is 4.71. The molecule has 0 aromatic rings. The van der Waals surface area contributed by atoms with Crippen LogP contribution in [0.25, 0.3) is 0 Å². The molecular weight excluding hydrogens is 292 g/mol. The summed E-state index contributed by atoms with van der Waals surface area (Å²) in [5, 5.41) is -0.0513. The monoisotopic (exact) mass is 308 g/mol. The fourth-order valence-corrected chi connectivity index (χ4v) is 5.34. The summed E-state index contributed by atoms with van der Waals surface area (Å²) in [6.07, 6.45) is -2.08. The first-order valence-corrected chi connectivity index (χ1v) is 8.22. The standard InChI is InChI=1S/C11H16O6S2/c1-5(12)15-8-9(16-6(2)13)11(14-3)17-7-4-18-19-10(7)8/h7-11H,4H2,1-3H3/t7-,8-,9-,10+,11+/m1/s1. The second-order valence-corrected chi connectivity index (χ2v) is 6.86. The van der Waals surface area contributed by atoms with Crippen molar-refractivity contribution >= 4 is 33.5 Å². The Balaban J connectivity index is 2.21. The fourth-order valence-electron chi connectivity index (χ4n) is 2.15. The maximum absolute atomic E-state index is 11.3. The Hall–Kier alpha value is -0.440. The Morgan fingerprint density at radius 2 is 1.79 bits per heavy atom.